The van der Waals surface area contributed by atoms with Crippen molar-refractivity contribution in [3.8, 4) is 0 Å². The summed E-state index contributed by atoms with van der Waals surface area (Å²) in [7, 11) is -3.39. The van der Waals surface area contributed by atoms with Gasteiger partial charge in [0.1, 0.15) is 0 Å². The number of sulfone groups is 1. The minimum absolute atomic E-state index is 0.507. The molecule has 0 amide bonds. The topological polar surface area (TPSA) is 34.1 Å². The van der Waals surface area contributed by atoms with Crippen molar-refractivity contribution in [2.45, 2.75) is 49.5 Å². The molecular formula is C8H14F2O2S. The van der Waals surface area contributed by atoms with Gasteiger partial charge in [0.05, 0.1) is 10.00 Å². The average Bonchev–Trinajstić information content (AvgIpc) is 1.79. The highest BCUT2D eigenvalue weighted by atomic mass is 32.2. The first-order valence-corrected chi connectivity index (χ1v) is 5.72. The molecule has 1 saturated carbocycles. The third-order valence-corrected chi connectivity index (χ3v) is 5.26. The van der Waals surface area contributed by atoms with Gasteiger partial charge in [0.15, 0.2) is 9.84 Å². The highest BCUT2D eigenvalue weighted by Crippen LogP contribution is 2.44. The summed E-state index contributed by atoms with van der Waals surface area (Å²) >= 11 is 0. The van der Waals surface area contributed by atoms with Crippen molar-refractivity contribution in [3.63, 3.8) is 0 Å². The molecule has 2 nitrogen and oxygen atoms in total. The van der Waals surface area contributed by atoms with Gasteiger partial charge in [-0.2, -0.15) is 0 Å². The van der Waals surface area contributed by atoms with E-state index in [4.69, 9.17) is 0 Å². The van der Waals surface area contributed by atoms with Gasteiger partial charge in [-0.15, -0.1) is 0 Å². The van der Waals surface area contributed by atoms with Gasteiger partial charge >= 0.3 is 0 Å². The Bertz CT molecular complexity index is 293. The third kappa shape index (κ3) is 1.85. The molecule has 78 valence electrons. The smallest absolute Gasteiger partial charge is 0.228 e. The lowest BCUT2D eigenvalue weighted by molar-refractivity contribution is -0.0688. The van der Waals surface area contributed by atoms with Crippen LogP contribution >= 0.6 is 0 Å². The first-order valence-electron chi connectivity index (χ1n) is 4.17. The second-order valence-electron chi connectivity index (χ2n) is 4.54. The van der Waals surface area contributed by atoms with E-state index in [1.54, 1.807) is 20.8 Å². The molecule has 0 aromatic carbocycles. The van der Waals surface area contributed by atoms with Crippen LogP contribution in [-0.4, -0.2) is 24.3 Å². The molecule has 0 heterocycles. The molecule has 1 fully saturated rings. The van der Waals surface area contributed by atoms with Crippen LogP contribution in [0.5, 0.6) is 0 Å². The van der Waals surface area contributed by atoms with Crippen LogP contribution in [0.3, 0.4) is 0 Å². The van der Waals surface area contributed by atoms with E-state index in [1.807, 2.05) is 0 Å². The Morgan fingerprint density at radius 1 is 1.23 bits per heavy atom. The maximum atomic E-state index is 12.4. The first-order chi connectivity index (χ1) is 5.56. The summed E-state index contributed by atoms with van der Waals surface area (Å²) in [6.45, 7) is 4.62. The summed E-state index contributed by atoms with van der Waals surface area (Å²) < 4.78 is 47.1. The van der Waals surface area contributed by atoms with Crippen LogP contribution in [0.25, 0.3) is 0 Å². The van der Waals surface area contributed by atoms with Gasteiger partial charge in [-0.1, -0.05) is 0 Å². The molecule has 0 saturated heterocycles. The highest BCUT2D eigenvalue weighted by Gasteiger charge is 2.54. The van der Waals surface area contributed by atoms with Gasteiger partial charge in [-0.25, -0.2) is 17.2 Å². The molecule has 13 heavy (non-hydrogen) atoms. The van der Waals surface area contributed by atoms with Crippen molar-refractivity contribution in [2.75, 3.05) is 0 Å². The Morgan fingerprint density at radius 3 is 1.85 bits per heavy atom. The quantitative estimate of drug-likeness (QED) is 0.666. The molecule has 0 spiro atoms. The van der Waals surface area contributed by atoms with Crippen molar-refractivity contribution < 1.29 is 17.2 Å². The van der Waals surface area contributed by atoms with E-state index < -0.39 is 38.6 Å². The summed E-state index contributed by atoms with van der Waals surface area (Å²) in [6, 6.07) is 0. The van der Waals surface area contributed by atoms with Crippen LogP contribution in [-0.2, 0) is 9.84 Å². The Hall–Kier alpha value is -0.190. The fraction of sp³-hybridized carbons (Fsp3) is 1.00. The molecule has 0 bridgehead atoms. The molecule has 1 aliphatic carbocycles. The average molecular weight is 212 g/mol. The lowest BCUT2D eigenvalue weighted by atomic mass is 9.94. The molecule has 0 aliphatic heterocycles. The fourth-order valence-corrected chi connectivity index (χ4v) is 3.25. The largest absolute Gasteiger partial charge is 0.250 e. The van der Waals surface area contributed by atoms with Crippen LogP contribution < -0.4 is 0 Å². The Balaban J connectivity index is 2.77. The summed E-state index contributed by atoms with van der Waals surface area (Å²) in [5, 5.41) is -0.845. The summed E-state index contributed by atoms with van der Waals surface area (Å²) in [5.41, 5.74) is 0. The Morgan fingerprint density at radius 2 is 1.62 bits per heavy atom. The van der Waals surface area contributed by atoms with Crippen LogP contribution in [0.4, 0.5) is 8.78 Å². The van der Waals surface area contributed by atoms with Gasteiger partial charge in [-0.3, -0.25) is 0 Å². The SMILES string of the molecule is CC(C)(C)S(=O)(=O)C1CC(F)(F)C1. The summed E-state index contributed by atoms with van der Waals surface area (Å²) in [5.74, 6) is -2.76. The van der Waals surface area contributed by atoms with Crippen LogP contribution in [0.15, 0.2) is 0 Å². The number of alkyl halides is 2. The van der Waals surface area contributed by atoms with Crippen molar-refractivity contribution in [2.24, 2.45) is 0 Å². The highest BCUT2D eigenvalue weighted by molar-refractivity contribution is 7.93. The molecule has 0 atom stereocenters. The second-order valence-corrected chi connectivity index (χ2v) is 7.53. The predicted octanol–water partition coefficient (Wildman–Crippen LogP) is 2.00. The molecule has 0 N–H and O–H groups in total. The van der Waals surface area contributed by atoms with Gasteiger partial charge in [0.25, 0.3) is 5.92 Å². The first kappa shape index (κ1) is 10.9. The van der Waals surface area contributed by atoms with Crippen LogP contribution in [0.2, 0.25) is 0 Å². The molecule has 0 aromatic rings. The number of rotatable bonds is 1. The van der Waals surface area contributed by atoms with Crippen molar-refractivity contribution in [3.05, 3.63) is 0 Å². The van der Waals surface area contributed by atoms with Gasteiger partial charge in [-0.05, 0) is 20.8 Å². The van der Waals surface area contributed by atoms with E-state index in [0.717, 1.165) is 0 Å². The van der Waals surface area contributed by atoms with Crippen LogP contribution in [0, 0.1) is 0 Å². The van der Waals surface area contributed by atoms with E-state index in [1.165, 1.54) is 0 Å². The summed E-state index contributed by atoms with van der Waals surface area (Å²) in [6.07, 6.45) is -1.01. The molecule has 5 heteroatoms. The zero-order valence-corrected chi connectivity index (χ0v) is 8.79. The van der Waals surface area contributed by atoms with Crippen molar-refractivity contribution in [1.82, 2.24) is 0 Å². The molecular weight excluding hydrogens is 198 g/mol. The minimum atomic E-state index is -3.39. The second kappa shape index (κ2) is 2.65. The maximum absolute atomic E-state index is 12.4. The number of hydrogen-bond donors (Lipinski definition) is 0. The number of halogens is 2. The van der Waals surface area contributed by atoms with E-state index in [0.29, 0.717) is 0 Å². The Labute approximate surface area is 77.2 Å². The van der Waals surface area contributed by atoms with E-state index >= 15 is 0 Å². The van der Waals surface area contributed by atoms with E-state index in [2.05, 4.69) is 0 Å². The van der Waals surface area contributed by atoms with E-state index in [-0.39, 0.29) is 0 Å². The normalized spacial score (nSPS) is 24.1. The zero-order chi connectivity index (χ0) is 10.5. The molecule has 1 rings (SSSR count). The fourth-order valence-electron chi connectivity index (χ4n) is 1.33. The zero-order valence-electron chi connectivity index (χ0n) is 7.97. The van der Waals surface area contributed by atoms with E-state index in [9.17, 15) is 17.2 Å². The third-order valence-electron chi connectivity index (χ3n) is 2.35. The van der Waals surface area contributed by atoms with Gasteiger partial charge < -0.3 is 0 Å². The molecule has 0 aromatic heterocycles. The van der Waals surface area contributed by atoms with Gasteiger partial charge in [0, 0.05) is 12.8 Å². The summed E-state index contributed by atoms with van der Waals surface area (Å²) in [4.78, 5) is 0. The molecule has 0 radical (unpaired) electrons. The minimum Gasteiger partial charge on any atom is -0.228 e. The van der Waals surface area contributed by atoms with Crippen molar-refractivity contribution >= 4 is 9.84 Å². The maximum Gasteiger partial charge on any atom is 0.250 e. The number of hydrogen-bond acceptors (Lipinski definition) is 2. The van der Waals surface area contributed by atoms with Crippen molar-refractivity contribution in [1.29, 1.82) is 0 Å². The predicted molar refractivity (Wildman–Crippen MR) is 46.6 cm³/mol. The van der Waals surface area contributed by atoms with Gasteiger partial charge in [0.2, 0.25) is 0 Å². The Kier molecular flexibility index (Phi) is 2.22. The standard InChI is InChI=1S/C8H14F2O2S/c1-7(2,3)13(11,12)6-4-8(9,10)5-6/h6H,4-5H2,1-3H3. The van der Waals surface area contributed by atoms with Crippen LogP contribution in [0.1, 0.15) is 33.6 Å². The lowest BCUT2D eigenvalue weighted by Crippen LogP contribution is -2.49. The monoisotopic (exact) mass is 212 g/mol. The molecule has 0 unspecified atom stereocenters. The lowest BCUT2D eigenvalue weighted by Gasteiger charge is -2.38. The molecule has 1 aliphatic rings.